The van der Waals surface area contributed by atoms with Crippen molar-refractivity contribution in [3.63, 3.8) is 0 Å². The van der Waals surface area contributed by atoms with Crippen molar-refractivity contribution in [1.29, 1.82) is 0 Å². The van der Waals surface area contributed by atoms with Crippen LogP contribution in [0.2, 0.25) is 5.02 Å². The van der Waals surface area contributed by atoms with Crippen LogP contribution in [-0.4, -0.2) is 44.1 Å². The minimum absolute atomic E-state index is 0.340. The number of rotatable bonds is 9. The van der Waals surface area contributed by atoms with E-state index >= 15 is 0 Å². The molecule has 0 heterocycles. The SMILES string of the molecule is COc1cc(C=NNC(=O)c2cccc(Cl)c2)ccc1N(CCCl)CCCl. The summed E-state index contributed by atoms with van der Waals surface area (Å²) in [6.45, 7) is 1.32. The van der Waals surface area contributed by atoms with Crippen molar-refractivity contribution in [3.8, 4) is 5.75 Å². The number of ether oxygens (including phenoxy) is 1. The lowest BCUT2D eigenvalue weighted by Gasteiger charge is -2.25. The number of carbonyl (C=O) groups excluding carboxylic acids is 1. The molecule has 2 aromatic carbocycles. The molecule has 1 N–H and O–H groups in total. The van der Waals surface area contributed by atoms with Crippen molar-refractivity contribution in [3.05, 3.63) is 58.6 Å². The molecule has 0 saturated carbocycles. The van der Waals surface area contributed by atoms with E-state index in [1.807, 2.05) is 18.2 Å². The maximum absolute atomic E-state index is 12.1. The number of halogens is 3. The number of carbonyl (C=O) groups is 1. The maximum atomic E-state index is 12.1. The summed E-state index contributed by atoms with van der Waals surface area (Å²) in [7, 11) is 1.60. The van der Waals surface area contributed by atoms with Gasteiger partial charge < -0.3 is 9.64 Å². The third-order valence-electron chi connectivity index (χ3n) is 3.72. The molecule has 0 unspecified atom stereocenters. The molecule has 8 heteroatoms. The summed E-state index contributed by atoms with van der Waals surface area (Å²) in [6, 6.07) is 12.3. The summed E-state index contributed by atoms with van der Waals surface area (Å²) in [5.74, 6) is 1.31. The van der Waals surface area contributed by atoms with Crippen LogP contribution in [0.4, 0.5) is 5.69 Å². The lowest BCUT2D eigenvalue weighted by molar-refractivity contribution is 0.0955. The minimum Gasteiger partial charge on any atom is -0.495 e. The molecule has 0 bridgehead atoms. The number of nitrogens with one attached hydrogen (secondary N) is 1. The second kappa shape index (κ2) is 11.0. The van der Waals surface area contributed by atoms with Crippen LogP contribution in [0, 0.1) is 0 Å². The van der Waals surface area contributed by atoms with Gasteiger partial charge in [0.2, 0.25) is 0 Å². The highest BCUT2D eigenvalue weighted by molar-refractivity contribution is 6.31. The van der Waals surface area contributed by atoms with Crippen molar-refractivity contribution in [2.75, 3.05) is 36.9 Å². The molecule has 2 aromatic rings. The number of anilines is 1. The molecule has 0 aromatic heterocycles. The van der Waals surface area contributed by atoms with Gasteiger partial charge in [-0.05, 0) is 35.9 Å². The van der Waals surface area contributed by atoms with Gasteiger partial charge in [-0.2, -0.15) is 5.10 Å². The number of hydrogen-bond donors (Lipinski definition) is 1. The maximum Gasteiger partial charge on any atom is 0.271 e. The van der Waals surface area contributed by atoms with Gasteiger partial charge in [-0.25, -0.2) is 5.43 Å². The Morgan fingerprint density at radius 1 is 1.19 bits per heavy atom. The van der Waals surface area contributed by atoms with Crippen LogP contribution in [0.3, 0.4) is 0 Å². The van der Waals surface area contributed by atoms with Crippen molar-refractivity contribution in [2.45, 2.75) is 0 Å². The van der Waals surface area contributed by atoms with Crippen molar-refractivity contribution >= 4 is 52.6 Å². The van der Waals surface area contributed by atoms with Gasteiger partial charge in [0.1, 0.15) is 5.75 Å². The van der Waals surface area contributed by atoms with Gasteiger partial charge in [0.15, 0.2) is 0 Å². The van der Waals surface area contributed by atoms with E-state index in [1.165, 1.54) is 0 Å². The Kier molecular flexibility index (Phi) is 8.72. The summed E-state index contributed by atoms with van der Waals surface area (Å²) in [5.41, 5.74) is 4.59. The third-order valence-corrected chi connectivity index (χ3v) is 4.29. The summed E-state index contributed by atoms with van der Waals surface area (Å²) in [4.78, 5) is 14.1. The van der Waals surface area contributed by atoms with Crippen molar-refractivity contribution < 1.29 is 9.53 Å². The average Bonchev–Trinajstić information content (AvgIpc) is 2.67. The van der Waals surface area contributed by atoms with Gasteiger partial charge in [-0.15, -0.1) is 23.2 Å². The Hall–Kier alpha value is -1.95. The molecule has 0 fully saturated rings. The molecule has 27 heavy (non-hydrogen) atoms. The fourth-order valence-corrected chi connectivity index (χ4v) is 3.05. The molecule has 5 nitrogen and oxygen atoms in total. The Balaban J connectivity index is 2.10. The van der Waals surface area contributed by atoms with Crippen LogP contribution < -0.4 is 15.1 Å². The first kappa shape index (κ1) is 21.4. The monoisotopic (exact) mass is 427 g/mol. The first-order valence-electron chi connectivity index (χ1n) is 8.23. The summed E-state index contributed by atoms with van der Waals surface area (Å²) in [6.07, 6.45) is 1.54. The quantitative estimate of drug-likeness (QED) is 0.366. The Morgan fingerprint density at radius 3 is 2.56 bits per heavy atom. The molecule has 0 aliphatic rings. The molecule has 0 radical (unpaired) electrons. The van der Waals surface area contributed by atoms with Gasteiger partial charge in [0, 0.05) is 35.4 Å². The van der Waals surface area contributed by atoms with Gasteiger partial charge in [0.05, 0.1) is 19.0 Å². The van der Waals surface area contributed by atoms with Crippen molar-refractivity contribution in [2.24, 2.45) is 5.10 Å². The van der Waals surface area contributed by atoms with E-state index in [0.29, 0.717) is 41.2 Å². The molecule has 0 atom stereocenters. The van der Waals surface area contributed by atoms with Crippen LogP contribution in [0.25, 0.3) is 0 Å². The number of methoxy groups -OCH3 is 1. The van der Waals surface area contributed by atoms with Crippen molar-refractivity contribution in [1.82, 2.24) is 5.43 Å². The van der Waals surface area contributed by atoms with E-state index in [9.17, 15) is 4.79 Å². The zero-order chi connectivity index (χ0) is 19.6. The molecule has 0 aliphatic heterocycles. The lowest BCUT2D eigenvalue weighted by atomic mass is 10.2. The third kappa shape index (κ3) is 6.31. The fraction of sp³-hybridized carbons (Fsp3) is 0.263. The molecule has 0 saturated heterocycles. The minimum atomic E-state index is -0.340. The molecule has 144 valence electrons. The summed E-state index contributed by atoms with van der Waals surface area (Å²) < 4.78 is 5.48. The first-order valence-corrected chi connectivity index (χ1v) is 9.67. The molecule has 1 amide bonds. The predicted molar refractivity (Wildman–Crippen MR) is 113 cm³/mol. The number of alkyl halides is 2. The Morgan fingerprint density at radius 2 is 1.93 bits per heavy atom. The van der Waals surface area contributed by atoms with E-state index < -0.39 is 0 Å². The molecular formula is C19H20Cl3N3O2. The molecule has 0 aliphatic carbocycles. The molecule has 0 spiro atoms. The van der Waals surface area contributed by atoms with E-state index in [4.69, 9.17) is 39.5 Å². The topological polar surface area (TPSA) is 53.9 Å². The van der Waals surface area contributed by atoms with E-state index in [-0.39, 0.29) is 5.91 Å². The molecular weight excluding hydrogens is 409 g/mol. The predicted octanol–water partition coefficient (Wildman–Crippen LogP) is 4.40. The second-order valence-electron chi connectivity index (χ2n) is 5.51. The van der Waals surface area contributed by atoms with Crippen LogP contribution in [-0.2, 0) is 0 Å². The fourth-order valence-electron chi connectivity index (χ4n) is 2.45. The van der Waals surface area contributed by atoms with Gasteiger partial charge in [-0.3, -0.25) is 4.79 Å². The average molecular weight is 429 g/mol. The number of amides is 1. The van der Waals surface area contributed by atoms with Gasteiger partial charge in [0.25, 0.3) is 5.91 Å². The standard InChI is InChI=1S/C19H20Cl3N3O2/c1-27-18-11-14(5-6-17(18)25(9-7-20)10-8-21)13-23-24-19(26)15-3-2-4-16(22)12-15/h2-6,11-13H,7-10H2,1H3,(H,24,26). The largest absolute Gasteiger partial charge is 0.495 e. The number of hydrazone groups is 1. The van der Waals surface area contributed by atoms with Crippen LogP contribution in [0.15, 0.2) is 47.6 Å². The summed E-state index contributed by atoms with van der Waals surface area (Å²) in [5, 5.41) is 4.48. The number of benzene rings is 2. The molecule has 2 rings (SSSR count). The van der Waals surface area contributed by atoms with Crippen LogP contribution in [0.5, 0.6) is 5.75 Å². The second-order valence-corrected chi connectivity index (χ2v) is 6.70. The zero-order valence-corrected chi connectivity index (χ0v) is 17.1. The normalized spacial score (nSPS) is 10.8. The number of hydrogen-bond acceptors (Lipinski definition) is 4. The summed E-state index contributed by atoms with van der Waals surface area (Å²) >= 11 is 17.6. The Bertz CT molecular complexity index is 794. The highest BCUT2D eigenvalue weighted by atomic mass is 35.5. The number of nitrogens with zero attached hydrogens (tertiary/aromatic N) is 2. The first-order chi connectivity index (χ1) is 13.1. The van der Waals surface area contributed by atoms with Crippen LogP contribution in [0.1, 0.15) is 15.9 Å². The Labute approximate surface area is 173 Å². The zero-order valence-electron chi connectivity index (χ0n) is 14.8. The lowest BCUT2D eigenvalue weighted by Crippen LogP contribution is -2.28. The highest BCUT2D eigenvalue weighted by Crippen LogP contribution is 2.29. The highest BCUT2D eigenvalue weighted by Gasteiger charge is 2.12. The van der Waals surface area contributed by atoms with Crippen LogP contribution >= 0.6 is 34.8 Å². The van der Waals surface area contributed by atoms with E-state index in [0.717, 1.165) is 11.3 Å². The van der Waals surface area contributed by atoms with E-state index in [1.54, 1.807) is 37.6 Å². The smallest absolute Gasteiger partial charge is 0.271 e. The van der Waals surface area contributed by atoms with Gasteiger partial charge >= 0.3 is 0 Å². The van der Waals surface area contributed by atoms with E-state index in [2.05, 4.69) is 15.4 Å². The van der Waals surface area contributed by atoms with Gasteiger partial charge in [-0.1, -0.05) is 23.7 Å².